The fourth-order valence-corrected chi connectivity index (χ4v) is 4.37. The Hall–Kier alpha value is -3.46. The van der Waals surface area contributed by atoms with Crippen molar-refractivity contribution in [1.29, 1.82) is 0 Å². The molecule has 0 atom stereocenters. The Labute approximate surface area is 213 Å². The number of hydrogen-bond acceptors (Lipinski definition) is 5. The van der Waals surface area contributed by atoms with Crippen LogP contribution in [0.2, 0.25) is 0 Å². The van der Waals surface area contributed by atoms with Crippen molar-refractivity contribution in [3.05, 3.63) is 69.8 Å². The molecule has 2 aliphatic rings. The lowest BCUT2D eigenvalue weighted by Gasteiger charge is -2.30. The van der Waals surface area contributed by atoms with E-state index in [4.69, 9.17) is 14.2 Å². The smallest absolute Gasteiger partial charge is 0.419 e. The SMILES string of the molecule is CC1=C(C(=O)O)CN(CC2=Cc3ccc(OCc4ccc(OC(C)C)c(C(F)(F)F)c4)cc3OC2)CC1. The van der Waals surface area contributed by atoms with E-state index in [-0.39, 0.29) is 18.5 Å². The van der Waals surface area contributed by atoms with Gasteiger partial charge in [-0.15, -0.1) is 0 Å². The van der Waals surface area contributed by atoms with Gasteiger partial charge in [0, 0.05) is 36.8 Å². The molecule has 2 heterocycles. The number of aliphatic carboxylic acids is 1. The molecule has 6 nitrogen and oxygen atoms in total. The van der Waals surface area contributed by atoms with Gasteiger partial charge in [-0.3, -0.25) is 4.90 Å². The first-order chi connectivity index (χ1) is 17.5. The predicted octanol–water partition coefficient (Wildman–Crippen LogP) is 5.95. The van der Waals surface area contributed by atoms with Crippen LogP contribution >= 0.6 is 0 Å². The Morgan fingerprint density at radius 3 is 2.68 bits per heavy atom. The molecule has 0 radical (unpaired) electrons. The Bertz CT molecular complexity index is 1230. The molecule has 0 aliphatic carbocycles. The molecular weight excluding hydrogens is 487 g/mol. The fourth-order valence-electron chi connectivity index (χ4n) is 4.37. The average molecular weight is 518 g/mol. The zero-order chi connectivity index (χ0) is 26.7. The van der Waals surface area contributed by atoms with Gasteiger partial charge < -0.3 is 19.3 Å². The van der Waals surface area contributed by atoms with Crippen LogP contribution in [0.4, 0.5) is 13.2 Å². The zero-order valence-electron chi connectivity index (χ0n) is 21.0. The van der Waals surface area contributed by atoms with Crippen LogP contribution in [0.1, 0.15) is 43.9 Å². The van der Waals surface area contributed by atoms with Crippen molar-refractivity contribution in [2.24, 2.45) is 0 Å². The van der Waals surface area contributed by atoms with Gasteiger partial charge in [0.1, 0.15) is 30.5 Å². The number of fused-ring (bicyclic) bond motifs is 1. The number of nitrogens with zero attached hydrogens (tertiary/aromatic N) is 1. The number of carbonyl (C=O) groups is 1. The summed E-state index contributed by atoms with van der Waals surface area (Å²) in [6.07, 6.45) is -2.17. The molecule has 37 heavy (non-hydrogen) atoms. The number of hydrogen-bond donors (Lipinski definition) is 1. The van der Waals surface area contributed by atoms with Gasteiger partial charge in [0.2, 0.25) is 0 Å². The Kier molecular flexibility index (Phi) is 7.82. The highest BCUT2D eigenvalue weighted by Crippen LogP contribution is 2.38. The van der Waals surface area contributed by atoms with Gasteiger partial charge in [-0.05, 0) is 68.7 Å². The number of carboxylic acids is 1. The minimum atomic E-state index is -4.54. The molecule has 0 saturated heterocycles. The average Bonchev–Trinajstić information content (AvgIpc) is 2.83. The second-order valence-corrected chi connectivity index (χ2v) is 9.60. The first-order valence-corrected chi connectivity index (χ1v) is 12.1. The van der Waals surface area contributed by atoms with Crippen LogP contribution in [-0.2, 0) is 17.6 Å². The summed E-state index contributed by atoms with van der Waals surface area (Å²) in [6, 6.07) is 9.24. The number of alkyl halides is 3. The lowest BCUT2D eigenvalue weighted by atomic mass is 10.0. The molecule has 9 heteroatoms. The van der Waals surface area contributed by atoms with Crippen molar-refractivity contribution in [3.63, 3.8) is 0 Å². The quantitative estimate of drug-likeness (QED) is 0.467. The van der Waals surface area contributed by atoms with Crippen LogP contribution in [0.25, 0.3) is 6.08 Å². The third kappa shape index (κ3) is 6.65. The molecule has 2 aromatic carbocycles. The van der Waals surface area contributed by atoms with Gasteiger partial charge >= 0.3 is 12.1 Å². The molecule has 0 unspecified atom stereocenters. The molecule has 2 aromatic rings. The lowest BCUT2D eigenvalue weighted by molar-refractivity contribution is -0.139. The number of rotatable bonds is 8. The normalized spacial score (nSPS) is 16.2. The Morgan fingerprint density at radius 1 is 1.19 bits per heavy atom. The van der Waals surface area contributed by atoms with Crippen molar-refractivity contribution in [2.45, 2.75) is 46.1 Å². The van der Waals surface area contributed by atoms with E-state index in [1.54, 1.807) is 32.0 Å². The van der Waals surface area contributed by atoms with E-state index in [0.717, 1.165) is 35.7 Å². The summed E-state index contributed by atoms with van der Waals surface area (Å²) in [4.78, 5) is 13.6. The van der Waals surface area contributed by atoms with Crippen LogP contribution < -0.4 is 14.2 Å². The molecule has 198 valence electrons. The van der Waals surface area contributed by atoms with E-state index in [0.29, 0.717) is 42.3 Å². The van der Waals surface area contributed by atoms with E-state index in [2.05, 4.69) is 4.90 Å². The second-order valence-electron chi connectivity index (χ2n) is 9.60. The van der Waals surface area contributed by atoms with Crippen LogP contribution in [0.5, 0.6) is 17.2 Å². The van der Waals surface area contributed by atoms with E-state index in [1.807, 2.05) is 19.1 Å². The maximum atomic E-state index is 13.5. The molecule has 0 saturated carbocycles. The molecule has 0 spiro atoms. The van der Waals surface area contributed by atoms with Gasteiger partial charge in [0.15, 0.2) is 0 Å². The summed E-state index contributed by atoms with van der Waals surface area (Å²) in [5.74, 6) is 0.0299. The van der Waals surface area contributed by atoms with E-state index in [9.17, 15) is 23.1 Å². The van der Waals surface area contributed by atoms with Gasteiger partial charge in [-0.2, -0.15) is 13.2 Å². The highest BCUT2D eigenvalue weighted by molar-refractivity contribution is 5.88. The molecule has 2 aliphatic heterocycles. The predicted molar refractivity (Wildman–Crippen MR) is 133 cm³/mol. The highest BCUT2D eigenvalue weighted by Gasteiger charge is 2.35. The van der Waals surface area contributed by atoms with Crippen molar-refractivity contribution in [3.8, 4) is 17.2 Å². The standard InChI is InChI=1S/C28H30F3NO5/c1-17(2)37-25-7-4-19(11-24(25)28(29,30)31)15-35-22-6-5-21-10-20(16-36-26(21)12-22)13-32-9-8-18(3)23(14-32)27(33)34/h4-7,10-12,17H,8-9,13-16H2,1-3H3,(H,33,34). The number of carboxylic acid groups (broad SMARTS) is 1. The zero-order valence-corrected chi connectivity index (χ0v) is 21.0. The first kappa shape index (κ1) is 26.6. The molecule has 0 fully saturated rings. The third-order valence-corrected chi connectivity index (χ3v) is 6.26. The minimum Gasteiger partial charge on any atom is -0.490 e. The van der Waals surface area contributed by atoms with E-state index < -0.39 is 17.7 Å². The molecule has 4 rings (SSSR count). The largest absolute Gasteiger partial charge is 0.490 e. The Balaban J connectivity index is 1.41. The number of benzene rings is 2. The summed E-state index contributed by atoms with van der Waals surface area (Å²) < 4.78 is 57.5. The van der Waals surface area contributed by atoms with Crippen LogP contribution in [0, 0.1) is 0 Å². The highest BCUT2D eigenvalue weighted by atomic mass is 19.4. The number of halogens is 3. The van der Waals surface area contributed by atoms with E-state index >= 15 is 0 Å². The van der Waals surface area contributed by atoms with E-state index in [1.165, 1.54) is 6.07 Å². The summed E-state index contributed by atoms with van der Waals surface area (Å²) in [5.41, 5.74) is 2.82. The minimum absolute atomic E-state index is 0.0429. The summed E-state index contributed by atoms with van der Waals surface area (Å²) in [5, 5.41) is 9.41. The molecule has 0 aromatic heterocycles. The van der Waals surface area contributed by atoms with Crippen molar-refractivity contribution in [1.82, 2.24) is 4.90 Å². The van der Waals surface area contributed by atoms with Crippen molar-refractivity contribution < 1.29 is 37.3 Å². The van der Waals surface area contributed by atoms with Gasteiger partial charge in [-0.1, -0.05) is 11.6 Å². The molecular formula is C28H30F3NO5. The third-order valence-electron chi connectivity index (χ3n) is 6.26. The number of ether oxygens (including phenoxy) is 3. The topological polar surface area (TPSA) is 68.2 Å². The van der Waals surface area contributed by atoms with Crippen LogP contribution in [0.15, 0.2) is 53.1 Å². The fraction of sp³-hybridized carbons (Fsp3) is 0.393. The second kappa shape index (κ2) is 10.9. The Morgan fingerprint density at radius 2 is 1.97 bits per heavy atom. The molecule has 0 amide bonds. The van der Waals surface area contributed by atoms with Gasteiger partial charge in [0.05, 0.1) is 11.7 Å². The maximum absolute atomic E-state index is 13.5. The summed E-state index contributed by atoms with van der Waals surface area (Å²) >= 11 is 0. The summed E-state index contributed by atoms with van der Waals surface area (Å²) in [7, 11) is 0. The maximum Gasteiger partial charge on any atom is 0.419 e. The van der Waals surface area contributed by atoms with Crippen LogP contribution in [-0.4, -0.2) is 48.3 Å². The summed E-state index contributed by atoms with van der Waals surface area (Å²) in [6.45, 7) is 7.34. The van der Waals surface area contributed by atoms with Crippen molar-refractivity contribution >= 4 is 12.0 Å². The van der Waals surface area contributed by atoms with Gasteiger partial charge in [-0.25, -0.2) is 4.79 Å². The van der Waals surface area contributed by atoms with Crippen molar-refractivity contribution in [2.75, 3.05) is 26.2 Å². The first-order valence-electron chi connectivity index (χ1n) is 12.1. The monoisotopic (exact) mass is 517 g/mol. The van der Waals surface area contributed by atoms with Gasteiger partial charge in [0.25, 0.3) is 0 Å². The lowest BCUT2D eigenvalue weighted by Crippen LogP contribution is -2.36. The molecule has 0 bridgehead atoms. The molecule has 1 N–H and O–H groups in total. The van der Waals surface area contributed by atoms with Crippen LogP contribution in [0.3, 0.4) is 0 Å².